The van der Waals surface area contributed by atoms with Crippen LogP contribution in [-0.2, 0) is 15.8 Å². The summed E-state index contributed by atoms with van der Waals surface area (Å²) in [6.45, 7) is 1.87. The van der Waals surface area contributed by atoms with E-state index < -0.39 is 11.7 Å². The minimum absolute atomic E-state index is 0.0157. The second-order valence-electron chi connectivity index (χ2n) is 5.00. The third-order valence-electron chi connectivity index (χ3n) is 3.38. The topological polar surface area (TPSA) is 123 Å². The first-order valence-electron chi connectivity index (χ1n) is 7.18. The minimum atomic E-state index is -4.48. The van der Waals surface area contributed by atoms with Crippen molar-refractivity contribution >= 4 is 17.9 Å². The molecule has 0 spiro atoms. The second kappa shape index (κ2) is 7.94. The lowest BCUT2D eigenvalue weighted by molar-refractivity contribution is -0.137. The predicted molar refractivity (Wildman–Crippen MR) is 84.0 cm³/mol. The van der Waals surface area contributed by atoms with E-state index in [1.165, 1.54) is 6.21 Å². The number of hydrogen-bond donors (Lipinski definition) is 3. The van der Waals surface area contributed by atoms with Crippen LogP contribution in [0.1, 0.15) is 5.56 Å². The average Bonchev–Trinajstić information content (AvgIpc) is 2.61. The fraction of sp³-hybridized carbons (Fsp3) is 0.357. The van der Waals surface area contributed by atoms with Crippen LogP contribution in [0.15, 0.2) is 34.8 Å². The molecular formula is C14H17F3N6O2. The van der Waals surface area contributed by atoms with E-state index in [4.69, 9.17) is 21.8 Å². The van der Waals surface area contributed by atoms with Crippen molar-refractivity contribution in [2.24, 2.45) is 16.6 Å². The van der Waals surface area contributed by atoms with E-state index in [2.05, 4.69) is 14.8 Å². The molecule has 0 aliphatic carbocycles. The standard InChI is InChI=1S/C14H17F3N6O2/c15-14(16,17)9-1-2-11(21-7-9)22-8-10(13(19)25-20)12(18)23-3-5-24-6-4-23/h1-2,7-8,18H,3-6,19-20H2. The molecule has 0 radical (unpaired) electrons. The van der Waals surface area contributed by atoms with Crippen molar-refractivity contribution in [1.29, 1.82) is 5.41 Å². The normalized spacial score (nSPS) is 16.7. The highest BCUT2D eigenvalue weighted by Gasteiger charge is 2.30. The molecule has 0 aromatic carbocycles. The second-order valence-corrected chi connectivity index (χ2v) is 5.00. The molecule has 11 heteroatoms. The predicted octanol–water partition coefficient (Wildman–Crippen LogP) is 1.17. The molecule has 0 bridgehead atoms. The summed E-state index contributed by atoms with van der Waals surface area (Å²) < 4.78 is 42.8. The van der Waals surface area contributed by atoms with Crippen molar-refractivity contribution in [2.45, 2.75) is 6.18 Å². The molecule has 136 valence electrons. The van der Waals surface area contributed by atoms with E-state index in [0.29, 0.717) is 32.5 Å². The van der Waals surface area contributed by atoms with Gasteiger partial charge in [0, 0.05) is 25.5 Å². The van der Waals surface area contributed by atoms with Crippen LogP contribution in [-0.4, -0.2) is 48.2 Å². The number of halogens is 3. The molecule has 8 nitrogen and oxygen atoms in total. The van der Waals surface area contributed by atoms with Crippen LogP contribution in [0.25, 0.3) is 0 Å². The van der Waals surface area contributed by atoms with E-state index in [9.17, 15) is 13.2 Å². The first-order chi connectivity index (χ1) is 11.8. The zero-order valence-corrected chi connectivity index (χ0v) is 13.1. The van der Waals surface area contributed by atoms with Gasteiger partial charge in [0.25, 0.3) is 0 Å². The number of morpholine rings is 1. The molecule has 1 aromatic heterocycles. The SMILES string of the molecule is N=C(C(C=Nc1ccc(C(F)(F)F)cn1)=C(N)ON)N1CCOCC1. The maximum Gasteiger partial charge on any atom is 0.417 e. The summed E-state index contributed by atoms with van der Waals surface area (Å²) in [6, 6.07) is 1.97. The van der Waals surface area contributed by atoms with Gasteiger partial charge >= 0.3 is 6.18 Å². The van der Waals surface area contributed by atoms with Crippen LogP contribution in [0.4, 0.5) is 19.0 Å². The van der Waals surface area contributed by atoms with Crippen LogP contribution in [0.5, 0.6) is 0 Å². The van der Waals surface area contributed by atoms with Gasteiger partial charge in [-0.1, -0.05) is 0 Å². The number of alkyl halides is 3. The monoisotopic (exact) mass is 358 g/mol. The maximum absolute atomic E-state index is 12.5. The van der Waals surface area contributed by atoms with Gasteiger partial charge in [-0.2, -0.15) is 19.1 Å². The van der Waals surface area contributed by atoms with Gasteiger partial charge in [-0.05, 0) is 12.1 Å². The van der Waals surface area contributed by atoms with Gasteiger partial charge in [0.1, 0.15) is 5.84 Å². The van der Waals surface area contributed by atoms with E-state index in [1.54, 1.807) is 4.90 Å². The summed E-state index contributed by atoms with van der Waals surface area (Å²) in [7, 11) is 0. The zero-order chi connectivity index (χ0) is 18.4. The van der Waals surface area contributed by atoms with Gasteiger partial charge in [0.2, 0.25) is 5.88 Å². The molecule has 0 unspecified atom stereocenters. The lowest BCUT2D eigenvalue weighted by atomic mass is 10.2. The van der Waals surface area contributed by atoms with Gasteiger partial charge in [-0.15, -0.1) is 0 Å². The number of nitrogens with two attached hydrogens (primary N) is 2. The van der Waals surface area contributed by atoms with E-state index >= 15 is 0 Å². The maximum atomic E-state index is 12.5. The Hall–Kier alpha value is -2.66. The Morgan fingerprint density at radius 3 is 2.56 bits per heavy atom. The molecule has 1 fully saturated rings. The van der Waals surface area contributed by atoms with Crippen LogP contribution in [0.3, 0.4) is 0 Å². The van der Waals surface area contributed by atoms with Gasteiger partial charge in [0.15, 0.2) is 5.82 Å². The summed E-state index contributed by atoms with van der Waals surface area (Å²) in [5, 5.41) is 8.19. The van der Waals surface area contributed by atoms with Crippen molar-refractivity contribution in [3.8, 4) is 0 Å². The summed E-state index contributed by atoms with van der Waals surface area (Å²) in [4.78, 5) is 13.7. The molecule has 0 saturated carbocycles. The van der Waals surface area contributed by atoms with Crippen molar-refractivity contribution in [1.82, 2.24) is 9.88 Å². The summed E-state index contributed by atoms with van der Waals surface area (Å²) in [5.74, 6) is 4.84. The third kappa shape index (κ3) is 4.90. The fourth-order valence-corrected chi connectivity index (χ4v) is 2.02. The van der Waals surface area contributed by atoms with Crippen molar-refractivity contribution in [3.05, 3.63) is 35.3 Å². The van der Waals surface area contributed by atoms with Gasteiger partial charge in [-0.3, -0.25) is 5.41 Å². The Labute approximate surface area is 141 Å². The first kappa shape index (κ1) is 18.7. The van der Waals surface area contributed by atoms with Crippen molar-refractivity contribution < 1.29 is 22.7 Å². The van der Waals surface area contributed by atoms with Gasteiger partial charge < -0.3 is 20.2 Å². The minimum Gasteiger partial charge on any atom is -0.393 e. The summed E-state index contributed by atoms with van der Waals surface area (Å²) in [6.07, 6.45) is -2.63. The smallest absolute Gasteiger partial charge is 0.393 e. The molecular weight excluding hydrogens is 341 g/mol. The number of pyridine rings is 1. The van der Waals surface area contributed by atoms with Crippen LogP contribution < -0.4 is 11.6 Å². The number of nitrogens with one attached hydrogen (secondary N) is 1. The van der Waals surface area contributed by atoms with Crippen LogP contribution in [0.2, 0.25) is 0 Å². The van der Waals surface area contributed by atoms with E-state index in [1.807, 2.05) is 0 Å². The number of hydrogen-bond acceptors (Lipinski definition) is 7. The van der Waals surface area contributed by atoms with Crippen molar-refractivity contribution in [3.63, 3.8) is 0 Å². The van der Waals surface area contributed by atoms with Crippen LogP contribution in [0, 0.1) is 5.41 Å². The average molecular weight is 358 g/mol. The fourth-order valence-electron chi connectivity index (χ4n) is 2.02. The molecule has 0 atom stereocenters. The highest BCUT2D eigenvalue weighted by Crippen LogP contribution is 2.29. The molecule has 0 amide bonds. The Kier molecular flexibility index (Phi) is 5.93. The van der Waals surface area contributed by atoms with Crippen molar-refractivity contribution in [2.75, 3.05) is 26.3 Å². The Bertz CT molecular complexity index is 666. The Balaban J connectivity index is 2.19. The number of amidine groups is 1. The molecule has 1 aromatic rings. The molecule has 2 heterocycles. The molecule has 5 N–H and O–H groups in total. The largest absolute Gasteiger partial charge is 0.417 e. The molecule has 1 saturated heterocycles. The van der Waals surface area contributed by atoms with E-state index in [0.717, 1.165) is 12.1 Å². The lowest BCUT2D eigenvalue weighted by Crippen LogP contribution is -2.42. The van der Waals surface area contributed by atoms with E-state index in [-0.39, 0.29) is 23.1 Å². The number of rotatable bonds is 4. The highest BCUT2D eigenvalue weighted by molar-refractivity contribution is 6.14. The van der Waals surface area contributed by atoms with Gasteiger partial charge in [0.05, 0.1) is 24.4 Å². The van der Waals surface area contributed by atoms with Gasteiger partial charge in [-0.25, -0.2) is 9.98 Å². The molecule has 25 heavy (non-hydrogen) atoms. The number of ether oxygens (including phenoxy) is 1. The number of nitrogens with zero attached hydrogens (tertiary/aromatic N) is 3. The highest BCUT2D eigenvalue weighted by atomic mass is 19.4. The summed E-state index contributed by atoms with van der Waals surface area (Å²) in [5.41, 5.74) is 4.85. The third-order valence-corrected chi connectivity index (χ3v) is 3.38. The Morgan fingerprint density at radius 2 is 2.04 bits per heavy atom. The lowest BCUT2D eigenvalue weighted by Gasteiger charge is -2.29. The first-order valence-corrected chi connectivity index (χ1v) is 7.18. The molecule has 1 aliphatic rings. The molecule has 2 rings (SSSR count). The number of aliphatic imine (C=N–C) groups is 1. The van der Waals surface area contributed by atoms with Crippen LogP contribution >= 0.6 is 0 Å². The summed E-state index contributed by atoms with van der Waals surface area (Å²) >= 11 is 0. The molecule has 1 aliphatic heterocycles. The Morgan fingerprint density at radius 1 is 1.36 bits per heavy atom. The number of aromatic nitrogens is 1. The quantitative estimate of drug-likeness (QED) is 0.321. The zero-order valence-electron chi connectivity index (χ0n) is 13.1.